The highest BCUT2D eigenvalue weighted by Crippen LogP contribution is 2.31. The Hall–Kier alpha value is -2.17. The molecule has 0 saturated carbocycles. The number of phenols is 1. The summed E-state index contributed by atoms with van der Waals surface area (Å²) < 4.78 is 0. The Morgan fingerprint density at radius 2 is 1.81 bits per heavy atom. The highest BCUT2D eigenvalue weighted by atomic mass is 16.3. The first-order valence-corrected chi connectivity index (χ1v) is 12.3. The topological polar surface area (TPSA) is 50.6 Å². The summed E-state index contributed by atoms with van der Waals surface area (Å²) in [6.45, 7) is 6.22. The lowest BCUT2D eigenvalue weighted by molar-refractivity contribution is 0.173. The first kappa shape index (κ1) is 24.5. The number of benzene rings is 2. The Bertz CT molecular complexity index is 854. The van der Waals surface area contributed by atoms with Gasteiger partial charge in [0.1, 0.15) is 5.75 Å². The van der Waals surface area contributed by atoms with Crippen LogP contribution in [0.25, 0.3) is 0 Å². The van der Waals surface area contributed by atoms with Crippen LogP contribution in [0.3, 0.4) is 0 Å². The van der Waals surface area contributed by atoms with E-state index in [1.807, 2.05) is 20.2 Å². The van der Waals surface area contributed by atoms with Crippen LogP contribution in [-0.2, 0) is 19.5 Å². The normalized spacial score (nSPS) is 15.4. The second kappa shape index (κ2) is 12.2. The van der Waals surface area contributed by atoms with Gasteiger partial charge in [-0.25, -0.2) is 0 Å². The van der Waals surface area contributed by atoms with Crippen LogP contribution in [0.5, 0.6) is 5.75 Å². The van der Waals surface area contributed by atoms with Crippen molar-refractivity contribution >= 4 is 5.71 Å². The van der Waals surface area contributed by atoms with E-state index in [2.05, 4.69) is 53.1 Å². The summed E-state index contributed by atoms with van der Waals surface area (Å²) in [6.07, 6.45) is 7.44. The van der Waals surface area contributed by atoms with E-state index >= 15 is 0 Å². The first-order valence-electron chi connectivity index (χ1n) is 12.3. The number of likely N-dealkylation sites (tertiary alicyclic amines) is 1. The Labute approximate surface area is 194 Å². The average Bonchev–Trinajstić information content (AvgIpc) is 2.79. The molecule has 0 unspecified atom stereocenters. The number of phenolic OH excluding ortho intramolecular Hbond substituents is 1. The summed E-state index contributed by atoms with van der Waals surface area (Å²) in [5, 5.41) is 19.7. The van der Waals surface area contributed by atoms with Crippen molar-refractivity contribution in [1.82, 2.24) is 9.80 Å². The standard InChI is InChI=1S/C28H41N3O/c1-4-5-11-24-13-14-25(28(32)26(24)21-30(2)3)27(29)15-12-22-16-18-31(19-17-22)20-23-9-7-6-8-10-23/h6-10,13-14,22,29,32H,4-5,11-12,15-21H2,1-3H3. The number of nitrogens with one attached hydrogen (secondary N) is 1. The summed E-state index contributed by atoms with van der Waals surface area (Å²) in [7, 11) is 4.07. The number of aromatic hydroxyl groups is 1. The van der Waals surface area contributed by atoms with Crippen molar-refractivity contribution in [2.24, 2.45) is 5.92 Å². The molecule has 1 aliphatic rings. The molecule has 0 aliphatic carbocycles. The molecule has 1 fully saturated rings. The molecule has 0 amide bonds. The van der Waals surface area contributed by atoms with E-state index in [1.165, 1.54) is 24.0 Å². The van der Waals surface area contributed by atoms with Crippen molar-refractivity contribution in [3.63, 3.8) is 0 Å². The molecule has 2 aromatic carbocycles. The quantitative estimate of drug-likeness (QED) is 0.435. The van der Waals surface area contributed by atoms with Gasteiger partial charge < -0.3 is 15.4 Å². The Morgan fingerprint density at radius 1 is 1.09 bits per heavy atom. The molecule has 0 atom stereocenters. The molecule has 2 aromatic rings. The zero-order valence-electron chi connectivity index (χ0n) is 20.2. The van der Waals surface area contributed by atoms with E-state index in [9.17, 15) is 5.11 Å². The molecule has 1 heterocycles. The fraction of sp³-hybridized carbons (Fsp3) is 0.536. The monoisotopic (exact) mass is 435 g/mol. The van der Waals surface area contributed by atoms with Gasteiger partial charge in [0.15, 0.2) is 0 Å². The second-order valence-electron chi connectivity index (χ2n) is 9.66. The summed E-state index contributed by atoms with van der Waals surface area (Å²) in [5.41, 5.74) is 4.92. The van der Waals surface area contributed by atoms with E-state index in [0.717, 1.165) is 62.9 Å². The van der Waals surface area contributed by atoms with Gasteiger partial charge in [0.2, 0.25) is 0 Å². The minimum atomic E-state index is 0.329. The van der Waals surface area contributed by atoms with Gasteiger partial charge in [-0.1, -0.05) is 49.7 Å². The maximum Gasteiger partial charge on any atom is 0.129 e. The number of hydrogen-bond acceptors (Lipinski definition) is 4. The fourth-order valence-electron chi connectivity index (χ4n) is 4.77. The molecule has 3 rings (SSSR count). The van der Waals surface area contributed by atoms with Crippen molar-refractivity contribution < 1.29 is 5.11 Å². The number of aryl methyl sites for hydroxylation is 1. The fourth-order valence-corrected chi connectivity index (χ4v) is 4.77. The lowest BCUT2D eigenvalue weighted by atomic mass is 9.89. The third-order valence-electron chi connectivity index (χ3n) is 6.74. The molecule has 4 heteroatoms. The molecule has 2 N–H and O–H groups in total. The molecule has 32 heavy (non-hydrogen) atoms. The lowest BCUT2D eigenvalue weighted by Gasteiger charge is -2.32. The highest BCUT2D eigenvalue weighted by molar-refractivity contribution is 6.01. The van der Waals surface area contributed by atoms with Gasteiger partial charge in [-0.15, -0.1) is 0 Å². The summed E-state index contributed by atoms with van der Waals surface area (Å²) >= 11 is 0. The SMILES string of the molecule is CCCCc1ccc(C(=N)CCC2CCN(Cc3ccccc3)CC2)c(O)c1CN(C)C. The van der Waals surface area contributed by atoms with Crippen LogP contribution in [0.1, 0.15) is 67.7 Å². The van der Waals surface area contributed by atoms with Gasteiger partial charge in [0.25, 0.3) is 0 Å². The van der Waals surface area contributed by atoms with E-state index in [1.54, 1.807) is 0 Å². The van der Waals surface area contributed by atoms with Crippen molar-refractivity contribution in [2.75, 3.05) is 27.2 Å². The van der Waals surface area contributed by atoms with E-state index in [0.29, 0.717) is 23.9 Å². The molecule has 0 spiro atoms. The van der Waals surface area contributed by atoms with E-state index < -0.39 is 0 Å². The van der Waals surface area contributed by atoms with Crippen molar-refractivity contribution in [2.45, 2.75) is 65.0 Å². The minimum Gasteiger partial charge on any atom is -0.507 e. The van der Waals surface area contributed by atoms with Crippen molar-refractivity contribution in [3.8, 4) is 5.75 Å². The average molecular weight is 436 g/mol. The molecule has 0 bridgehead atoms. The number of unbranched alkanes of at least 4 members (excludes halogenated alkanes) is 1. The van der Waals surface area contributed by atoms with Crippen LogP contribution in [0.15, 0.2) is 42.5 Å². The van der Waals surface area contributed by atoms with Gasteiger partial charge in [-0.2, -0.15) is 0 Å². The molecule has 174 valence electrons. The summed E-state index contributed by atoms with van der Waals surface area (Å²) in [5.74, 6) is 1.00. The van der Waals surface area contributed by atoms with Crippen molar-refractivity contribution in [3.05, 3.63) is 64.7 Å². The maximum absolute atomic E-state index is 11.0. The molecular formula is C28H41N3O. The predicted molar refractivity (Wildman–Crippen MR) is 135 cm³/mol. The molecule has 1 saturated heterocycles. The summed E-state index contributed by atoms with van der Waals surface area (Å²) in [4.78, 5) is 4.65. The summed E-state index contributed by atoms with van der Waals surface area (Å²) in [6, 6.07) is 14.8. The molecule has 1 aliphatic heterocycles. The highest BCUT2D eigenvalue weighted by Gasteiger charge is 2.21. The van der Waals surface area contributed by atoms with Gasteiger partial charge in [-0.3, -0.25) is 4.90 Å². The van der Waals surface area contributed by atoms with Gasteiger partial charge in [-0.05, 0) is 88.8 Å². The minimum absolute atomic E-state index is 0.329. The molecule has 0 aromatic heterocycles. The smallest absolute Gasteiger partial charge is 0.129 e. The zero-order valence-corrected chi connectivity index (χ0v) is 20.2. The van der Waals surface area contributed by atoms with Gasteiger partial charge in [0.05, 0.1) is 0 Å². The number of nitrogens with zero attached hydrogens (tertiary/aromatic N) is 2. The largest absolute Gasteiger partial charge is 0.507 e. The van der Waals surface area contributed by atoms with Crippen LogP contribution in [0, 0.1) is 11.3 Å². The first-order chi connectivity index (χ1) is 15.5. The Balaban J connectivity index is 1.54. The van der Waals surface area contributed by atoms with E-state index in [-0.39, 0.29) is 0 Å². The van der Waals surface area contributed by atoms with Gasteiger partial charge in [0, 0.05) is 29.9 Å². The lowest BCUT2D eigenvalue weighted by Crippen LogP contribution is -2.33. The third kappa shape index (κ3) is 6.91. The third-order valence-corrected chi connectivity index (χ3v) is 6.74. The second-order valence-corrected chi connectivity index (χ2v) is 9.66. The van der Waals surface area contributed by atoms with Crippen LogP contribution < -0.4 is 0 Å². The molecule has 4 nitrogen and oxygen atoms in total. The van der Waals surface area contributed by atoms with Crippen molar-refractivity contribution in [1.29, 1.82) is 5.41 Å². The zero-order chi connectivity index (χ0) is 22.9. The molecule has 0 radical (unpaired) electrons. The Kier molecular flexibility index (Phi) is 9.31. The predicted octanol–water partition coefficient (Wildman–Crippen LogP) is 5.86. The number of rotatable bonds is 11. The van der Waals surface area contributed by atoms with Crippen LogP contribution in [-0.4, -0.2) is 47.8 Å². The van der Waals surface area contributed by atoms with Gasteiger partial charge >= 0.3 is 0 Å². The van der Waals surface area contributed by atoms with Crippen LogP contribution in [0.2, 0.25) is 0 Å². The van der Waals surface area contributed by atoms with Crippen LogP contribution in [0.4, 0.5) is 0 Å². The Morgan fingerprint density at radius 3 is 2.47 bits per heavy atom. The van der Waals surface area contributed by atoms with E-state index in [4.69, 9.17) is 5.41 Å². The maximum atomic E-state index is 11.0. The number of piperidine rings is 1. The molecular weight excluding hydrogens is 394 g/mol. The van der Waals surface area contributed by atoms with Crippen LogP contribution >= 0.6 is 0 Å². The number of hydrogen-bond donors (Lipinski definition) is 2.